The molecule has 5 heteroatoms. The van der Waals surface area contributed by atoms with E-state index in [2.05, 4.69) is 71.0 Å². The molecule has 3 aliphatic rings. The van der Waals surface area contributed by atoms with Crippen LogP contribution in [-0.2, 0) is 16.1 Å². The minimum absolute atomic E-state index is 0.322. The van der Waals surface area contributed by atoms with Gasteiger partial charge in [0.25, 0.3) is 0 Å². The number of likely N-dealkylation sites (tertiary alicyclic amines) is 1. The van der Waals surface area contributed by atoms with Crippen LogP contribution in [0.3, 0.4) is 0 Å². The number of rotatable bonds is 9. The quantitative estimate of drug-likeness (QED) is 0.396. The van der Waals surface area contributed by atoms with Gasteiger partial charge in [-0.25, -0.2) is 0 Å². The fourth-order valence-corrected chi connectivity index (χ4v) is 6.89. The lowest BCUT2D eigenvalue weighted by atomic mass is 9.78. The number of nitrogens with zero attached hydrogens (tertiary/aromatic N) is 3. The van der Waals surface area contributed by atoms with E-state index in [9.17, 15) is 4.79 Å². The number of piperidine rings is 1. The van der Waals surface area contributed by atoms with Crippen LogP contribution < -0.4 is 4.90 Å². The zero-order valence-electron chi connectivity index (χ0n) is 22.9. The number of hydrogen-bond donors (Lipinski definition) is 0. The molecule has 1 aliphatic carbocycles. The molecule has 3 fully saturated rings. The molecule has 0 atom stereocenters. The molecule has 0 radical (unpaired) electrons. The first-order valence-electron chi connectivity index (χ1n) is 14.5. The molecule has 1 amide bonds. The van der Waals surface area contributed by atoms with E-state index in [1.54, 1.807) is 0 Å². The van der Waals surface area contributed by atoms with Crippen LogP contribution in [0.15, 0.2) is 60.7 Å². The van der Waals surface area contributed by atoms with E-state index < -0.39 is 5.54 Å². The van der Waals surface area contributed by atoms with Crippen molar-refractivity contribution in [3.8, 4) is 0 Å². The van der Waals surface area contributed by atoms with Crippen molar-refractivity contribution in [3.05, 3.63) is 66.2 Å². The molecule has 5 rings (SSSR count). The molecule has 37 heavy (non-hydrogen) atoms. The maximum Gasteiger partial charge on any atom is 0.250 e. The van der Waals surface area contributed by atoms with Gasteiger partial charge in [-0.15, -0.1) is 0 Å². The minimum atomic E-state index is -0.405. The first kappa shape index (κ1) is 26.2. The van der Waals surface area contributed by atoms with Crippen molar-refractivity contribution >= 4 is 11.6 Å². The summed E-state index contributed by atoms with van der Waals surface area (Å²) < 4.78 is 5.91. The van der Waals surface area contributed by atoms with Gasteiger partial charge < -0.3 is 19.4 Å². The molecule has 2 aromatic rings. The molecule has 2 saturated heterocycles. The molecular weight excluding hydrogens is 458 g/mol. The summed E-state index contributed by atoms with van der Waals surface area (Å²) in [5, 5.41) is 0. The molecule has 1 saturated carbocycles. The van der Waals surface area contributed by atoms with Crippen molar-refractivity contribution in [3.63, 3.8) is 0 Å². The highest BCUT2D eigenvalue weighted by atomic mass is 16.5. The monoisotopic (exact) mass is 503 g/mol. The third kappa shape index (κ3) is 5.88. The predicted molar refractivity (Wildman–Crippen MR) is 150 cm³/mol. The van der Waals surface area contributed by atoms with E-state index in [1.165, 1.54) is 36.9 Å². The largest absolute Gasteiger partial charge is 0.377 e. The van der Waals surface area contributed by atoms with E-state index in [4.69, 9.17) is 4.74 Å². The lowest BCUT2D eigenvalue weighted by molar-refractivity contribution is -0.134. The Morgan fingerprint density at radius 1 is 0.919 bits per heavy atom. The van der Waals surface area contributed by atoms with E-state index in [1.807, 2.05) is 18.2 Å². The summed E-state index contributed by atoms with van der Waals surface area (Å²) in [4.78, 5) is 21.2. The Balaban J connectivity index is 1.19. The normalized spacial score (nSPS) is 24.4. The molecule has 5 nitrogen and oxygen atoms in total. The summed E-state index contributed by atoms with van der Waals surface area (Å²) in [6, 6.07) is 21.6. The number of carbonyl (C=O) groups excluding carboxylic acids is 1. The molecule has 2 aromatic carbocycles. The summed E-state index contributed by atoms with van der Waals surface area (Å²) in [5.74, 6) is 2.01. The van der Waals surface area contributed by atoms with Gasteiger partial charge >= 0.3 is 0 Å². The van der Waals surface area contributed by atoms with Crippen molar-refractivity contribution in [1.29, 1.82) is 0 Å². The van der Waals surface area contributed by atoms with Crippen molar-refractivity contribution < 1.29 is 9.53 Å². The number of anilines is 1. The number of para-hydroxylation sites is 1. The number of amides is 1. The average Bonchev–Trinajstić information content (AvgIpc) is 3.20. The topological polar surface area (TPSA) is 36.0 Å². The van der Waals surface area contributed by atoms with Crippen LogP contribution >= 0.6 is 0 Å². The fourth-order valence-electron chi connectivity index (χ4n) is 6.89. The van der Waals surface area contributed by atoms with Crippen molar-refractivity contribution in [2.24, 2.45) is 11.8 Å². The van der Waals surface area contributed by atoms with Crippen LogP contribution in [0.4, 0.5) is 5.69 Å². The first-order chi connectivity index (χ1) is 18.1. The Labute approximate surface area is 223 Å². The molecule has 0 unspecified atom stereocenters. The molecule has 2 heterocycles. The maximum absolute atomic E-state index is 14.0. The van der Waals surface area contributed by atoms with Crippen LogP contribution in [0, 0.1) is 11.8 Å². The number of benzene rings is 2. The van der Waals surface area contributed by atoms with Crippen LogP contribution in [0.2, 0.25) is 0 Å². The second-order valence-electron chi connectivity index (χ2n) is 11.7. The van der Waals surface area contributed by atoms with Crippen LogP contribution in [0.5, 0.6) is 0 Å². The zero-order chi connectivity index (χ0) is 25.7. The third-order valence-corrected chi connectivity index (χ3v) is 9.24. The summed E-state index contributed by atoms with van der Waals surface area (Å²) in [7, 11) is 0. The minimum Gasteiger partial charge on any atom is -0.377 e. The SMILES string of the molecule is CC(C)C1CCC(N2CCC3(CC2)C(=O)N(CCCOCc2ccccc2)CN3c2ccccc2)CC1. The summed E-state index contributed by atoms with van der Waals surface area (Å²) in [5.41, 5.74) is 1.96. The molecule has 0 bridgehead atoms. The number of hydrogen-bond acceptors (Lipinski definition) is 4. The van der Waals surface area contributed by atoms with E-state index in [0.29, 0.717) is 31.8 Å². The van der Waals surface area contributed by atoms with E-state index in [0.717, 1.165) is 50.7 Å². The standard InChI is InChI=1S/C32H45N3O2/c1-26(2)28-14-16-29(17-15-28)33-21-18-32(19-22-33)31(36)34(25-35(32)30-12-7-4-8-13-30)20-9-23-37-24-27-10-5-3-6-11-27/h3-8,10-13,26,28-29H,9,14-25H2,1-2H3. The lowest BCUT2D eigenvalue weighted by Crippen LogP contribution is -2.58. The van der Waals surface area contributed by atoms with Gasteiger partial charge in [-0.1, -0.05) is 62.4 Å². The second-order valence-corrected chi connectivity index (χ2v) is 11.7. The highest BCUT2D eigenvalue weighted by molar-refractivity contribution is 5.93. The molecule has 0 aromatic heterocycles. The van der Waals surface area contributed by atoms with Crippen LogP contribution in [0.1, 0.15) is 64.4 Å². The summed E-state index contributed by atoms with van der Waals surface area (Å²) in [6.45, 7) is 9.54. The Morgan fingerprint density at radius 3 is 2.22 bits per heavy atom. The van der Waals surface area contributed by atoms with Gasteiger partial charge in [-0.05, 0) is 74.5 Å². The van der Waals surface area contributed by atoms with Gasteiger partial charge in [-0.2, -0.15) is 0 Å². The highest BCUT2D eigenvalue weighted by Gasteiger charge is 2.54. The smallest absolute Gasteiger partial charge is 0.250 e. The first-order valence-corrected chi connectivity index (χ1v) is 14.5. The lowest BCUT2D eigenvalue weighted by Gasteiger charge is -2.47. The van der Waals surface area contributed by atoms with Crippen molar-refractivity contribution in [2.75, 3.05) is 37.8 Å². The Bertz CT molecular complexity index is 980. The number of ether oxygens (including phenoxy) is 1. The average molecular weight is 504 g/mol. The Hall–Kier alpha value is -2.37. The van der Waals surface area contributed by atoms with Crippen LogP contribution in [-0.4, -0.2) is 60.2 Å². The van der Waals surface area contributed by atoms with Crippen molar-refractivity contribution in [1.82, 2.24) is 9.80 Å². The predicted octanol–water partition coefficient (Wildman–Crippen LogP) is 5.95. The van der Waals surface area contributed by atoms with Gasteiger partial charge in [-0.3, -0.25) is 4.79 Å². The Kier molecular flexibility index (Phi) is 8.51. The van der Waals surface area contributed by atoms with Crippen LogP contribution in [0.25, 0.3) is 0 Å². The molecule has 2 aliphatic heterocycles. The van der Waals surface area contributed by atoms with E-state index >= 15 is 0 Å². The fraction of sp³-hybridized carbons (Fsp3) is 0.594. The molecule has 200 valence electrons. The van der Waals surface area contributed by atoms with Gasteiger partial charge in [0.15, 0.2) is 0 Å². The summed E-state index contributed by atoms with van der Waals surface area (Å²) >= 11 is 0. The van der Waals surface area contributed by atoms with Crippen molar-refractivity contribution in [2.45, 2.75) is 77.0 Å². The Morgan fingerprint density at radius 2 is 1.57 bits per heavy atom. The third-order valence-electron chi connectivity index (χ3n) is 9.24. The molecular formula is C32H45N3O2. The molecule has 1 spiro atoms. The van der Waals surface area contributed by atoms with Gasteiger partial charge in [0.05, 0.1) is 13.3 Å². The second kappa shape index (κ2) is 12.0. The van der Waals surface area contributed by atoms with E-state index in [-0.39, 0.29) is 0 Å². The number of carbonyl (C=O) groups is 1. The van der Waals surface area contributed by atoms with Gasteiger partial charge in [0, 0.05) is 38.0 Å². The summed E-state index contributed by atoms with van der Waals surface area (Å²) in [6.07, 6.45) is 8.07. The molecule has 0 N–H and O–H groups in total. The van der Waals surface area contributed by atoms with Gasteiger partial charge in [0.2, 0.25) is 5.91 Å². The zero-order valence-corrected chi connectivity index (χ0v) is 22.9. The maximum atomic E-state index is 14.0. The van der Waals surface area contributed by atoms with Gasteiger partial charge in [0.1, 0.15) is 5.54 Å². The highest BCUT2D eigenvalue weighted by Crippen LogP contribution is 2.41.